The first-order valence-corrected chi connectivity index (χ1v) is 10.3. The first-order chi connectivity index (χ1) is 12.3. The lowest BCUT2D eigenvalue weighted by Crippen LogP contribution is -2.40. The number of aryl methyl sites for hydroxylation is 1. The Morgan fingerprint density at radius 2 is 2.00 bits per heavy atom. The lowest BCUT2D eigenvalue weighted by molar-refractivity contribution is -0.144. The lowest BCUT2D eigenvalue weighted by Gasteiger charge is -2.26. The molecule has 1 heterocycles. The summed E-state index contributed by atoms with van der Waals surface area (Å²) in [6.45, 7) is 8.02. The van der Waals surface area contributed by atoms with Gasteiger partial charge >= 0.3 is 5.97 Å². The maximum absolute atomic E-state index is 13.2. The third-order valence-corrected chi connectivity index (χ3v) is 6.39. The summed E-state index contributed by atoms with van der Waals surface area (Å²) in [5.41, 5.74) is 2.44. The van der Waals surface area contributed by atoms with Crippen LogP contribution in [0.4, 0.5) is 0 Å². The molecule has 0 saturated carbocycles. The molecule has 5 nitrogen and oxygen atoms in total. The fourth-order valence-electron chi connectivity index (χ4n) is 3.05. The average molecular weight is 378 g/mol. The number of rotatable bonds is 7. The van der Waals surface area contributed by atoms with Crippen LogP contribution in [-0.2, 0) is 19.6 Å². The molecule has 0 N–H and O–H groups in total. The number of sulfonamides is 1. The Hall–Kier alpha value is -2.08. The van der Waals surface area contributed by atoms with Crippen LogP contribution in [0.2, 0.25) is 0 Å². The van der Waals surface area contributed by atoms with Gasteiger partial charge in [0.2, 0.25) is 0 Å². The van der Waals surface area contributed by atoms with Crippen molar-refractivity contribution in [3.05, 3.63) is 53.8 Å². The summed E-state index contributed by atoms with van der Waals surface area (Å²) in [5.74, 6) is -0.539. The highest BCUT2D eigenvalue weighted by atomic mass is 32.2. The highest BCUT2D eigenvalue weighted by Crippen LogP contribution is 2.35. The van der Waals surface area contributed by atoms with Gasteiger partial charge in [0.15, 0.2) is 0 Å². The predicted octanol–water partition coefficient (Wildman–Crippen LogP) is 3.95. The highest BCUT2D eigenvalue weighted by molar-refractivity contribution is 7.89. The molecular weight excluding hydrogens is 350 g/mol. The number of nitrogens with zero attached hydrogens (tertiary/aromatic N) is 1. The number of hydrogen-bond donors (Lipinski definition) is 0. The molecule has 0 bridgehead atoms. The van der Waals surface area contributed by atoms with Gasteiger partial charge in [0, 0.05) is 5.70 Å². The van der Waals surface area contributed by atoms with Gasteiger partial charge in [-0.1, -0.05) is 43.2 Å². The molecular formula is C20H27NO4S. The van der Waals surface area contributed by atoms with E-state index in [0.29, 0.717) is 18.5 Å². The second kappa shape index (κ2) is 8.54. The van der Waals surface area contributed by atoms with Crippen LogP contribution in [0.3, 0.4) is 0 Å². The number of allylic oxidation sites excluding steroid dienone is 3. The number of esters is 1. The molecule has 1 aliphatic heterocycles. The van der Waals surface area contributed by atoms with E-state index in [-0.39, 0.29) is 4.90 Å². The van der Waals surface area contributed by atoms with Crippen molar-refractivity contribution in [2.75, 3.05) is 7.11 Å². The highest BCUT2D eigenvalue weighted by Gasteiger charge is 2.42. The predicted molar refractivity (Wildman–Crippen MR) is 102 cm³/mol. The molecule has 0 aromatic heterocycles. The summed E-state index contributed by atoms with van der Waals surface area (Å²) < 4.78 is 32.5. The number of carbonyl (C=O) groups excluding carboxylic acids is 1. The van der Waals surface area contributed by atoms with Crippen molar-refractivity contribution in [2.24, 2.45) is 0 Å². The van der Waals surface area contributed by atoms with E-state index in [1.807, 2.05) is 13.0 Å². The molecule has 1 atom stereocenters. The fraction of sp³-hybridized carbons (Fsp3) is 0.450. The van der Waals surface area contributed by atoms with E-state index in [2.05, 4.69) is 13.5 Å². The van der Waals surface area contributed by atoms with Crippen LogP contribution >= 0.6 is 0 Å². The Bertz CT molecular complexity index is 794. The van der Waals surface area contributed by atoms with Crippen molar-refractivity contribution >= 4 is 16.0 Å². The summed E-state index contributed by atoms with van der Waals surface area (Å²) in [6, 6.07) is 5.80. The molecule has 0 spiro atoms. The zero-order chi connectivity index (χ0) is 19.3. The Labute approximate surface area is 156 Å². The quantitative estimate of drug-likeness (QED) is 0.675. The fourth-order valence-corrected chi connectivity index (χ4v) is 4.74. The number of ether oxygens (including phenoxy) is 1. The van der Waals surface area contributed by atoms with Crippen LogP contribution in [0.25, 0.3) is 0 Å². The topological polar surface area (TPSA) is 63.7 Å². The van der Waals surface area contributed by atoms with Gasteiger partial charge in [-0.3, -0.25) is 4.31 Å². The van der Waals surface area contributed by atoms with E-state index < -0.39 is 22.0 Å². The summed E-state index contributed by atoms with van der Waals surface area (Å²) in [7, 11) is -2.57. The maximum atomic E-state index is 13.2. The smallest absolute Gasteiger partial charge is 0.329 e. The molecule has 6 heteroatoms. The monoisotopic (exact) mass is 377 g/mol. The van der Waals surface area contributed by atoms with Crippen molar-refractivity contribution in [2.45, 2.75) is 56.9 Å². The number of carbonyl (C=O) groups is 1. The van der Waals surface area contributed by atoms with E-state index in [1.54, 1.807) is 24.3 Å². The summed E-state index contributed by atoms with van der Waals surface area (Å²) in [6.07, 6.45) is 5.55. The Morgan fingerprint density at radius 1 is 1.35 bits per heavy atom. The van der Waals surface area contributed by atoms with Crippen LogP contribution in [-0.4, -0.2) is 31.8 Å². The van der Waals surface area contributed by atoms with E-state index in [1.165, 1.54) is 11.4 Å². The third kappa shape index (κ3) is 4.36. The Kier molecular flexibility index (Phi) is 6.64. The Balaban J connectivity index is 2.44. The van der Waals surface area contributed by atoms with Gasteiger partial charge in [0.25, 0.3) is 10.0 Å². The molecule has 0 aliphatic carbocycles. The molecule has 1 aliphatic rings. The Morgan fingerprint density at radius 3 is 2.58 bits per heavy atom. The van der Waals surface area contributed by atoms with Crippen molar-refractivity contribution in [1.82, 2.24) is 4.31 Å². The number of hydrogen-bond acceptors (Lipinski definition) is 4. The van der Waals surface area contributed by atoms with Gasteiger partial charge in [-0.25, -0.2) is 13.2 Å². The number of benzene rings is 1. The molecule has 0 amide bonds. The summed E-state index contributed by atoms with van der Waals surface area (Å²) in [4.78, 5) is 12.4. The zero-order valence-electron chi connectivity index (χ0n) is 15.7. The van der Waals surface area contributed by atoms with Gasteiger partial charge in [-0.05, 0) is 50.8 Å². The normalized spacial score (nSPS) is 19.0. The van der Waals surface area contributed by atoms with Gasteiger partial charge in [0.1, 0.15) is 6.04 Å². The molecule has 2 rings (SSSR count). The molecule has 142 valence electrons. The van der Waals surface area contributed by atoms with Crippen LogP contribution in [0.5, 0.6) is 0 Å². The van der Waals surface area contributed by atoms with Gasteiger partial charge in [-0.2, -0.15) is 0 Å². The maximum Gasteiger partial charge on any atom is 0.329 e. The SMILES string of the molecule is C=C(/C=C1\CC[C@H](C(=O)OC)N1S(=O)(=O)c1ccc(C)cc1)CCCC. The minimum atomic E-state index is -3.85. The second-order valence-electron chi connectivity index (χ2n) is 6.59. The minimum Gasteiger partial charge on any atom is -0.467 e. The molecule has 1 aromatic carbocycles. The van der Waals surface area contributed by atoms with Crippen molar-refractivity contribution in [3.8, 4) is 0 Å². The lowest BCUT2D eigenvalue weighted by atomic mass is 10.1. The number of unbranched alkanes of at least 4 members (excludes halogenated alkanes) is 1. The van der Waals surface area contributed by atoms with E-state index in [0.717, 1.165) is 30.4 Å². The van der Waals surface area contributed by atoms with Crippen LogP contribution in [0, 0.1) is 6.92 Å². The molecule has 0 unspecified atom stereocenters. The number of methoxy groups -OCH3 is 1. The standard InChI is InChI=1S/C20H27NO4S/c1-5-6-7-16(3)14-17-10-13-19(20(22)25-4)21(17)26(23,24)18-11-8-15(2)9-12-18/h8-9,11-12,14,19H,3,5-7,10,13H2,1-2,4H3/b17-14+/t19-/m1/s1. The van der Waals surface area contributed by atoms with Gasteiger partial charge in [-0.15, -0.1) is 0 Å². The van der Waals surface area contributed by atoms with E-state index in [9.17, 15) is 13.2 Å². The molecule has 1 saturated heterocycles. The van der Waals surface area contributed by atoms with Gasteiger partial charge in [0.05, 0.1) is 12.0 Å². The second-order valence-corrected chi connectivity index (χ2v) is 8.40. The molecule has 26 heavy (non-hydrogen) atoms. The van der Waals surface area contributed by atoms with Crippen molar-refractivity contribution in [3.63, 3.8) is 0 Å². The molecule has 1 aromatic rings. The van der Waals surface area contributed by atoms with Crippen molar-refractivity contribution < 1.29 is 17.9 Å². The minimum absolute atomic E-state index is 0.170. The average Bonchev–Trinajstić information content (AvgIpc) is 3.04. The molecule has 0 radical (unpaired) electrons. The van der Waals surface area contributed by atoms with Crippen LogP contribution < -0.4 is 0 Å². The molecule has 1 fully saturated rings. The largest absolute Gasteiger partial charge is 0.467 e. The summed E-state index contributed by atoms with van der Waals surface area (Å²) in [5, 5.41) is 0. The first-order valence-electron chi connectivity index (χ1n) is 8.88. The van der Waals surface area contributed by atoms with Crippen LogP contribution in [0.15, 0.2) is 53.1 Å². The van der Waals surface area contributed by atoms with E-state index in [4.69, 9.17) is 4.74 Å². The van der Waals surface area contributed by atoms with E-state index >= 15 is 0 Å². The first kappa shape index (κ1) is 20.2. The van der Waals surface area contributed by atoms with Crippen LogP contribution in [0.1, 0.15) is 44.6 Å². The zero-order valence-corrected chi connectivity index (χ0v) is 16.5. The summed E-state index contributed by atoms with van der Waals surface area (Å²) >= 11 is 0. The third-order valence-electron chi connectivity index (χ3n) is 4.51. The van der Waals surface area contributed by atoms with Crippen molar-refractivity contribution in [1.29, 1.82) is 0 Å². The van der Waals surface area contributed by atoms with Gasteiger partial charge < -0.3 is 4.74 Å².